The summed E-state index contributed by atoms with van der Waals surface area (Å²) in [7, 11) is 0. The maximum Gasteiger partial charge on any atom is 0.0682 e. The summed E-state index contributed by atoms with van der Waals surface area (Å²) in [6.45, 7) is 5.83. The fraction of sp³-hybridized carbons (Fsp3) is 0.667. The van der Waals surface area contributed by atoms with Crippen molar-refractivity contribution in [3.05, 3.63) is 23.0 Å². The molecule has 0 bridgehead atoms. The van der Waals surface area contributed by atoms with Crippen molar-refractivity contribution in [1.82, 2.24) is 15.1 Å². The number of hydrogen-bond donors (Lipinski definition) is 0. The van der Waals surface area contributed by atoms with Crippen LogP contribution in [0.3, 0.4) is 0 Å². The SMILES string of the molecule is CCN1CCC(Cc2cc(Cl)cnn2)CC1. The van der Waals surface area contributed by atoms with Crippen molar-refractivity contribution in [3.63, 3.8) is 0 Å². The number of nitrogens with zero attached hydrogens (tertiary/aromatic N) is 3. The van der Waals surface area contributed by atoms with Crippen molar-refractivity contribution in [2.75, 3.05) is 19.6 Å². The molecule has 1 aliphatic rings. The van der Waals surface area contributed by atoms with E-state index in [1.807, 2.05) is 6.07 Å². The zero-order valence-corrected chi connectivity index (χ0v) is 10.5. The zero-order chi connectivity index (χ0) is 11.4. The number of halogens is 1. The number of likely N-dealkylation sites (tertiary alicyclic amines) is 1. The zero-order valence-electron chi connectivity index (χ0n) is 9.69. The second-order valence-electron chi connectivity index (χ2n) is 4.45. The normalized spacial score (nSPS) is 18.9. The Morgan fingerprint density at radius 1 is 1.44 bits per heavy atom. The van der Waals surface area contributed by atoms with Crippen LogP contribution in [0.1, 0.15) is 25.5 Å². The van der Waals surface area contributed by atoms with E-state index in [9.17, 15) is 0 Å². The van der Waals surface area contributed by atoms with Crippen LogP contribution in [0, 0.1) is 5.92 Å². The van der Waals surface area contributed by atoms with Crippen LogP contribution in [0.5, 0.6) is 0 Å². The number of rotatable bonds is 3. The standard InChI is InChI=1S/C12H18ClN3/c1-2-16-5-3-10(4-6-16)7-12-8-11(13)9-14-15-12/h8-10H,2-7H2,1H3. The van der Waals surface area contributed by atoms with Gasteiger partial charge in [-0.15, -0.1) is 0 Å². The average Bonchev–Trinajstić information content (AvgIpc) is 2.30. The third kappa shape index (κ3) is 3.16. The maximum atomic E-state index is 5.90. The largest absolute Gasteiger partial charge is 0.304 e. The second-order valence-corrected chi connectivity index (χ2v) is 4.88. The van der Waals surface area contributed by atoms with Crippen LogP contribution < -0.4 is 0 Å². The highest BCUT2D eigenvalue weighted by Crippen LogP contribution is 2.21. The minimum atomic E-state index is 0.691. The monoisotopic (exact) mass is 239 g/mol. The first-order chi connectivity index (χ1) is 7.78. The van der Waals surface area contributed by atoms with Crippen LogP contribution in [0.4, 0.5) is 0 Å². The lowest BCUT2D eigenvalue weighted by Gasteiger charge is -2.30. The van der Waals surface area contributed by atoms with Crippen molar-refractivity contribution in [2.24, 2.45) is 5.92 Å². The fourth-order valence-electron chi connectivity index (χ4n) is 2.29. The molecule has 0 spiro atoms. The predicted octanol–water partition coefficient (Wildman–Crippen LogP) is 2.40. The lowest BCUT2D eigenvalue weighted by molar-refractivity contribution is 0.191. The second kappa shape index (κ2) is 5.60. The third-order valence-electron chi connectivity index (χ3n) is 3.32. The molecule has 1 aromatic rings. The van der Waals surface area contributed by atoms with Gasteiger partial charge in [0.05, 0.1) is 16.9 Å². The summed E-state index contributed by atoms with van der Waals surface area (Å²) in [5.74, 6) is 0.746. The van der Waals surface area contributed by atoms with Crippen molar-refractivity contribution in [2.45, 2.75) is 26.2 Å². The first kappa shape index (κ1) is 11.8. The molecular weight excluding hydrogens is 222 g/mol. The van der Waals surface area contributed by atoms with E-state index in [0.29, 0.717) is 5.02 Å². The molecule has 0 radical (unpaired) electrons. The van der Waals surface area contributed by atoms with Crippen LogP contribution in [0.25, 0.3) is 0 Å². The van der Waals surface area contributed by atoms with E-state index >= 15 is 0 Å². The lowest BCUT2D eigenvalue weighted by atomic mass is 9.92. The first-order valence-electron chi connectivity index (χ1n) is 5.97. The molecule has 16 heavy (non-hydrogen) atoms. The van der Waals surface area contributed by atoms with Gasteiger partial charge in [-0.05, 0) is 50.9 Å². The van der Waals surface area contributed by atoms with E-state index < -0.39 is 0 Å². The van der Waals surface area contributed by atoms with Crippen LogP contribution in [0.2, 0.25) is 5.02 Å². The first-order valence-corrected chi connectivity index (χ1v) is 6.35. The van der Waals surface area contributed by atoms with E-state index in [2.05, 4.69) is 22.0 Å². The van der Waals surface area contributed by atoms with E-state index in [0.717, 1.165) is 18.0 Å². The van der Waals surface area contributed by atoms with Gasteiger partial charge in [0, 0.05) is 0 Å². The van der Waals surface area contributed by atoms with Gasteiger partial charge in [-0.2, -0.15) is 10.2 Å². The fourth-order valence-corrected chi connectivity index (χ4v) is 2.46. The molecule has 1 aromatic heterocycles. The van der Waals surface area contributed by atoms with Gasteiger partial charge in [-0.1, -0.05) is 18.5 Å². The summed E-state index contributed by atoms with van der Waals surface area (Å²) in [6.07, 6.45) is 5.14. The molecule has 3 nitrogen and oxygen atoms in total. The van der Waals surface area contributed by atoms with Crippen LogP contribution in [-0.4, -0.2) is 34.7 Å². The van der Waals surface area contributed by atoms with E-state index in [4.69, 9.17) is 11.6 Å². The molecule has 0 aromatic carbocycles. The molecule has 0 amide bonds. The summed E-state index contributed by atoms with van der Waals surface area (Å²) < 4.78 is 0. The highest BCUT2D eigenvalue weighted by atomic mass is 35.5. The minimum Gasteiger partial charge on any atom is -0.304 e. The molecule has 88 valence electrons. The topological polar surface area (TPSA) is 29.0 Å². The lowest BCUT2D eigenvalue weighted by Crippen LogP contribution is -2.34. The van der Waals surface area contributed by atoms with Gasteiger partial charge in [-0.3, -0.25) is 0 Å². The van der Waals surface area contributed by atoms with Gasteiger partial charge in [0.15, 0.2) is 0 Å². The van der Waals surface area contributed by atoms with Gasteiger partial charge >= 0.3 is 0 Å². The van der Waals surface area contributed by atoms with Gasteiger partial charge in [0.2, 0.25) is 0 Å². The number of hydrogen-bond acceptors (Lipinski definition) is 3. The molecule has 2 heterocycles. The predicted molar refractivity (Wildman–Crippen MR) is 65.6 cm³/mol. The Balaban J connectivity index is 1.87. The summed E-state index contributed by atoms with van der Waals surface area (Å²) >= 11 is 5.90. The molecule has 1 aliphatic heterocycles. The third-order valence-corrected chi connectivity index (χ3v) is 3.53. The maximum absolute atomic E-state index is 5.90. The molecule has 1 saturated heterocycles. The summed E-state index contributed by atoms with van der Waals surface area (Å²) in [5, 5.41) is 8.70. The molecular formula is C12H18ClN3. The summed E-state index contributed by atoms with van der Waals surface area (Å²) in [6, 6.07) is 1.93. The van der Waals surface area contributed by atoms with Crippen molar-refractivity contribution in [3.8, 4) is 0 Å². The Morgan fingerprint density at radius 3 is 2.81 bits per heavy atom. The van der Waals surface area contributed by atoms with Crippen LogP contribution in [0.15, 0.2) is 12.3 Å². The molecule has 0 saturated carbocycles. The molecule has 0 N–H and O–H groups in total. The van der Waals surface area contributed by atoms with Crippen molar-refractivity contribution >= 4 is 11.6 Å². The highest BCUT2D eigenvalue weighted by molar-refractivity contribution is 6.30. The van der Waals surface area contributed by atoms with Crippen LogP contribution in [-0.2, 0) is 6.42 Å². The average molecular weight is 240 g/mol. The Labute approximate surface area is 102 Å². The minimum absolute atomic E-state index is 0.691. The molecule has 2 rings (SSSR count). The Kier molecular flexibility index (Phi) is 4.13. The number of piperidine rings is 1. The number of aromatic nitrogens is 2. The van der Waals surface area contributed by atoms with Gasteiger partial charge in [0.25, 0.3) is 0 Å². The molecule has 0 unspecified atom stereocenters. The van der Waals surface area contributed by atoms with E-state index in [-0.39, 0.29) is 0 Å². The summed E-state index contributed by atoms with van der Waals surface area (Å²) in [4.78, 5) is 2.50. The summed E-state index contributed by atoms with van der Waals surface area (Å²) in [5.41, 5.74) is 1.03. The van der Waals surface area contributed by atoms with Crippen molar-refractivity contribution in [1.29, 1.82) is 0 Å². The van der Waals surface area contributed by atoms with E-state index in [1.165, 1.54) is 32.5 Å². The Morgan fingerprint density at radius 2 is 2.19 bits per heavy atom. The Bertz CT molecular complexity index is 335. The van der Waals surface area contributed by atoms with Gasteiger partial charge < -0.3 is 4.90 Å². The van der Waals surface area contributed by atoms with Gasteiger partial charge in [-0.25, -0.2) is 0 Å². The quantitative estimate of drug-likeness (QED) is 0.811. The highest BCUT2D eigenvalue weighted by Gasteiger charge is 2.18. The van der Waals surface area contributed by atoms with Crippen LogP contribution >= 0.6 is 11.6 Å². The molecule has 0 aliphatic carbocycles. The van der Waals surface area contributed by atoms with E-state index in [1.54, 1.807) is 6.20 Å². The molecule has 1 fully saturated rings. The smallest absolute Gasteiger partial charge is 0.0682 e. The van der Waals surface area contributed by atoms with Crippen molar-refractivity contribution < 1.29 is 0 Å². The Hall–Kier alpha value is -0.670. The molecule has 4 heteroatoms. The van der Waals surface area contributed by atoms with Gasteiger partial charge in [0.1, 0.15) is 0 Å². The molecule has 0 atom stereocenters.